The third-order valence-electron chi connectivity index (χ3n) is 11.6. The molecule has 2 aliphatic heterocycles. The Bertz CT molecular complexity index is 1830. The smallest absolute Gasteiger partial charge is 0.317 e. The fourth-order valence-corrected chi connectivity index (χ4v) is 10.3. The monoisotopic (exact) mass is 697 g/mol. The molecule has 3 aliphatic rings. The topological polar surface area (TPSA) is 95.7 Å². The average Bonchev–Trinajstić information content (AvgIpc) is 3.89. The lowest BCUT2D eigenvalue weighted by Crippen LogP contribution is -2.57. The highest BCUT2D eigenvalue weighted by atomic mass is 32.2. The molecule has 3 fully saturated rings. The van der Waals surface area contributed by atoms with Gasteiger partial charge in [0.1, 0.15) is 4.90 Å². The van der Waals surface area contributed by atoms with Gasteiger partial charge in [-0.15, -0.1) is 0 Å². The minimum atomic E-state index is -3.58. The average molecular weight is 698 g/mol. The maximum atomic E-state index is 13.0. The summed E-state index contributed by atoms with van der Waals surface area (Å²) in [6.45, 7) is 6.09. The van der Waals surface area contributed by atoms with Crippen molar-refractivity contribution in [1.29, 1.82) is 0 Å². The Morgan fingerprint density at radius 3 is 2.26 bits per heavy atom. The molecule has 1 saturated carbocycles. The van der Waals surface area contributed by atoms with Gasteiger partial charge in [0.05, 0.1) is 11.1 Å². The molecule has 266 valence electrons. The first-order valence-electron chi connectivity index (χ1n) is 18.1. The van der Waals surface area contributed by atoms with Crippen LogP contribution in [0, 0.1) is 17.8 Å². The minimum absolute atomic E-state index is 0.0000934. The number of urea groups is 1. The molecule has 0 radical (unpaired) electrons. The highest BCUT2D eigenvalue weighted by Crippen LogP contribution is 2.51. The molecule has 7 rings (SSSR count). The highest BCUT2D eigenvalue weighted by molar-refractivity contribution is 7.91. The molecule has 1 aliphatic carbocycles. The lowest BCUT2D eigenvalue weighted by Gasteiger charge is -2.51. The van der Waals surface area contributed by atoms with Crippen LogP contribution in [0.2, 0.25) is 0 Å². The zero-order valence-corrected chi connectivity index (χ0v) is 30.4. The molecule has 2 saturated heterocycles. The van der Waals surface area contributed by atoms with Gasteiger partial charge in [-0.3, -0.25) is 4.68 Å². The molecule has 0 bridgehead atoms. The van der Waals surface area contributed by atoms with Crippen LogP contribution < -0.4 is 10.2 Å². The van der Waals surface area contributed by atoms with Crippen molar-refractivity contribution in [1.82, 2.24) is 29.5 Å². The van der Waals surface area contributed by atoms with Crippen LogP contribution in [0.5, 0.6) is 0 Å². The van der Waals surface area contributed by atoms with Gasteiger partial charge >= 0.3 is 6.03 Å². The van der Waals surface area contributed by atoms with Crippen LogP contribution in [0.25, 0.3) is 0 Å². The number of hydrogen-bond donors (Lipinski definition) is 1. The summed E-state index contributed by atoms with van der Waals surface area (Å²) in [4.78, 5) is 20.1. The van der Waals surface area contributed by atoms with Crippen LogP contribution in [0.4, 0.5) is 10.5 Å². The summed E-state index contributed by atoms with van der Waals surface area (Å²) in [6.07, 6.45) is 12.8. The van der Waals surface area contributed by atoms with E-state index in [-0.39, 0.29) is 22.4 Å². The van der Waals surface area contributed by atoms with Crippen molar-refractivity contribution in [2.75, 3.05) is 51.7 Å². The zero-order valence-electron chi connectivity index (χ0n) is 29.6. The third-order valence-corrected chi connectivity index (χ3v) is 13.3. The number of anilines is 1. The van der Waals surface area contributed by atoms with Gasteiger partial charge in [-0.1, -0.05) is 36.8 Å². The molecular weight excluding hydrogens is 647 g/mol. The van der Waals surface area contributed by atoms with Gasteiger partial charge in [-0.25, -0.2) is 13.2 Å². The van der Waals surface area contributed by atoms with Crippen molar-refractivity contribution in [3.63, 3.8) is 0 Å². The Morgan fingerprint density at radius 1 is 0.920 bits per heavy atom. The number of hydrogen-bond acceptors (Lipinski definition) is 6. The van der Waals surface area contributed by atoms with Gasteiger partial charge in [0.15, 0.2) is 0 Å². The van der Waals surface area contributed by atoms with E-state index < -0.39 is 9.84 Å². The van der Waals surface area contributed by atoms with E-state index in [9.17, 15) is 13.2 Å². The Kier molecular flexibility index (Phi) is 9.80. The van der Waals surface area contributed by atoms with Crippen molar-refractivity contribution < 1.29 is 13.2 Å². The summed E-state index contributed by atoms with van der Waals surface area (Å²) >= 11 is 0. The predicted molar refractivity (Wildman–Crippen MR) is 196 cm³/mol. The van der Waals surface area contributed by atoms with E-state index in [1.807, 2.05) is 26.2 Å². The standard InChI is InChI=1S/C39H51N7O3S/c1-42(2)38(47)41-37-13-9-12-36(37)39(29-45-20-7-8-21-45,31-10-5-4-6-11-31)32-18-22-44(23-19-32)25-30-26-46(27-30)33-14-16-34(17-15-33)50(48,49)35-24-40-43(3)28-35/h4-8,10-11,14-17,20-21,24,28,30,32,36-37H,9,12-13,18-19,22-23,25-27,29H2,1-3H3,(H,41,47)/t36-,37-,39?/m1/s1. The molecular formula is C39H51N7O3S. The van der Waals surface area contributed by atoms with Crippen molar-refractivity contribution in [2.45, 2.75) is 59.9 Å². The van der Waals surface area contributed by atoms with Gasteiger partial charge in [0, 0.05) is 89.0 Å². The van der Waals surface area contributed by atoms with Crippen LogP contribution in [0.3, 0.4) is 0 Å². The largest absolute Gasteiger partial charge is 0.371 e. The first-order valence-corrected chi connectivity index (χ1v) is 19.6. The molecule has 4 aromatic rings. The van der Waals surface area contributed by atoms with E-state index in [4.69, 9.17) is 0 Å². The summed E-state index contributed by atoms with van der Waals surface area (Å²) in [6, 6.07) is 22.8. The summed E-state index contributed by atoms with van der Waals surface area (Å²) in [5.74, 6) is 1.42. The molecule has 50 heavy (non-hydrogen) atoms. The van der Waals surface area contributed by atoms with E-state index >= 15 is 0 Å². The number of likely N-dealkylation sites (tertiary alicyclic amines) is 1. The van der Waals surface area contributed by atoms with E-state index in [1.54, 1.807) is 24.1 Å². The van der Waals surface area contributed by atoms with Crippen molar-refractivity contribution >= 4 is 21.6 Å². The summed E-state index contributed by atoms with van der Waals surface area (Å²) in [7, 11) is 1.80. The SMILES string of the molecule is CN(C)C(=O)N[C@@H]1CCC[C@H]1C(Cn1cccc1)(c1ccccc1)C1CCN(CC2CN(c3ccc(S(=O)(=O)c4cnn(C)c4)cc3)C2)CC1. The zero-order chi connectivity index (χ0) is 34.9. The molecule has 2 aromatic carbocycles. The number of rotatable bonds is 11. The second-order valence-corrected chi connectivity index (χ2v) is 16.9. The number of aryl methyl sites for hydroxylation is 1. The van der Waals surface area contributed by atoms with E-state index in [0.29, 0.717) is 22.6 Å². The number of carbonyl (C=O) groups excluding carboxylic acids is 1. The van der Waals surface area contributed by atoms with Crippen LogP contribution in [0.1, 0.15) is 37.7 Å². The number of aromatic nitrogens is 3. The van der Waals surface area contributed by atoms with Gasteiger partial charge in [0.2, 0.25) is 9.84 Å². The lowest BCUT2D eigenvalue weighted by atomic mass is 9.58. The molecule has 4 heterocycles. The Hall–Kier alpha value is -4.09. The van der Waals surface area contributed by atoms with Gasteiger partial charge < -0.3 is 24.6 Å². The number of sulfone groups is 1. The maximum absolute atomic E-state index is 13.0. The van der Waals surface area contributed by atoms with Crippen LogP contribution in [-0.4, -0.2) is 91.5 Å². The Morgan fingerprint density at radius 2 is 1.62 bits per heavy atom. The van der Waals surface area contributed by atoms with E-state index in [1.165, 1.54) is 22.6 Å². The Labute approximate surface area is 297 Å². The first-order chi connectivity index (χ1) is 24.1. The fourth-order valence-electron chi connectivity index (χ4n) is 9.06. The number of carbonyl (C=O) groups is 1. The van der Waals surface area contributed by atoms with Gasteiger partial charge in [-0.05, 0) is 92.6 Å². The minimum Gasteiger partial charge on any atom is -0.371 e. The van der Waals surface area contributed by atoms with E-state index in [2.05, 4.69) is 79.6 Å². The summed E-state index contributed by atoms with van der Waals surface area (Å²) in [5, 5.41) is 7.46. The molecule has 2 amide bonds. The number of benzene rings is 2. The number of amides is 2. The first kappa shape index (κ1) is 34.4. The fraction of sp³-hybridized carbons (Fsp3) is 0.487. The number of nitrogens with one attached hydrogen (secondary N) is 1. The molecule has 3 atom stereocenters. The molecule has 1 unspecified atom stereocenters. The number of piperidine rings is 1. The molecule has 1 N–H and O–H groups in total. The van der Waals surface area contributed by atoms with Crippen LogP contribution >= 0.6 is 0 Å². The van der Waals surface area contributed by atoms with Crippen LogP contribution in [0.15, 0.2) is 101 Å². The third kappa shape index (κ3) is 6.82. The highest BCUT2D eigenvalue weighted by Gasteiger charge is 2.52. The number of nitrogens with zero attached hydrogens (tertiary/aromatic N) is 6. The van der Waals surface area contributed by atoms with Crippen molar-refractivity contribution in [2.24, 2.45) is 24.8 Å². The van der Waals surface area contributed by atoms with Gasteiger partial charge in [0.25, 0.3) is 0 Å². The lowest BCUT2D eigenvalue weighted by molar-refractivity contribution is 0.0562. The molecule has 2 aromatic heterocycles. The second-order valence-electron chi connectivity index (χ2n) is 14.9. The Balaban J connectivity index is 1.02. The summed E-state index contributed by atoms with van der Waals surface area (Å²) < 4.78 is 29.9. The summed E-state index contributed by atoms with van der Waals surface area (Å²) in [5.41, 5.74) is 2.36. The quantitative estimate of drug-likeness (QED) is 0.229. The maximum Gasteiger partial charge on any atom is 0.317 e. The van der Waals surface area contributed by atoms with E-state index in [0.717, 1.165) is 77.1 Å². The second kappa shape index (κ2) is 14.3. The normalized spacial score (nSPS) is 21.9. The molecule has 0 spiro atoms. The van der Waals surface area contributed by atoms with Gasteiger partial charge in [-0.2, -0.15) is 5.10 Å². The van der Waals surface area contributed by atoms with Crippen molar-refractivity contribution in [3.8, 4) is 0 Å². The van der Waals surface area contributed by atoms with Crippen LogP contribution in [-0.2, 0) is 28.8 Å². The predicted octanol–water partition coefficient (Wildman–Crippen LogP) is 5.28. The van der Waals surface area contributed by atoms with Crippen molar-refractivity contribution in [3.05, 3.63) is 97.1 Å². The molecule has 10 nitrogen and oxygen atoms in total. The molecule has 11 heteroatoms.